The number of ether oxygens (including phenoxy) is 1. The summed E-state index contributed by atoms with van der Waals surface area (Å²) in [5.41, 5.74) is 2.64. The Morgan fingerprint density at radius 2 is 1.80 bits per heavy atom. The second-order valence-corrected chi connectivity index (χ2v) is 10.3. The Kier molecular flexibility index (Phi) is 6.37. The molecule has 3 rings (SSSR count). The highest BCUT2D eigenvalue weighted by atomic mass is 32.2. The van der Waals surface area contributed by atoms with Crippen molar-refractivity contribution >= 4 is 15.8 Å². The summed E-state index contributed by atoms with van der Waals surface area (Å²) in [7, 11) is -3.92. The molecule has 4 nitrogen and oxygen atoms in total. The average Bonchev–Trinajstić information content (AvgIpc) is 3.09. The van der Waals surface area contributed by atoms with Crippen molar-refractivity contribution in [1.29, 1.82) is 0 Å². The first-order chi connectivity index (χ1) is 14.2. The Balaban J connectivity index is 2.27. The van der Waals surface area contributed by atoms with Crippen molar-refractivity contribution in [3.05, 3.63) is 65.0 Å². The molecule has 0 unspecified atom stereocenters. The molecule has 6 heteroatoms. The third kappa shape index (κ3) is 3.55. The summed E-state index contributed by atoms with van der Waals surface area (Å²) in [6.07, 6.45) is 1.26. The van der Waals surface area contributed by atoms with Gasteiger partial charge in [-0.05, 0) is 74.9 Å². The topological polar surface area (TPSA) is 60.4 Å². The summed E-state index contributed by atoms with van der Waals surface area (Å²) in [4.78, 5) is 12.8. The molecule has 162 valence electrons. The van der Waals surface area contributed by atoms with Gasteiger partial charge in [0.05, 0.1) is 17.4 Å². The highest BCUT2D eigenvalue weighted by molar-refractivity contribution is 7.92. The van der Waals surface area contributed by atoms with Gasteiger partial charge in [-0.1, -0.05) is 37.1 Å². The maximum absolute atomic E-state index is 14.1. The summed E-state index contributed by atoms with van der Waals surface area (Å²) in [5, 5.41) is 0. The monoisotopic (exact) mass is 432 g/mol. The molecular weight excluding hydrogens is 403 g/mol. The molecular formula is C24H29FO4S. The minimum absolute atomic E-state index is 0.0758. The van der Waals surface area contributed by atoms with E-state index in [1.807, 2.05) is 39.0 Å². The van der Waals surface area contributed by atoms with Crippen LogP contribution in [-0.2, 0) is 24.1 Å². The maximum atomic E-state index is 14.1. The van der Waals surface area contributed by atoms with Gasteiger partial charge in [-0.2, -0.15) is 0 Å². The van der Waals surface area contributed by atoms with Gasteiger partial charge in [-0.25, -0.2) is 12.8 Å². The standard InChI is InChI=1S/C24H29FO4S/c1-5-21-20(23(26)29-6-2)13-14-24(21,22-12-7-16(3)15-17(22)4)30(27,28)19-10-8-18(25)9-11-19/h7-12,15,20-21H,5-6,13-14H2,1-4H3/t20-,21-,24-/m0/s1. The molecule has 0 radical (unpaired) electrons. The summed E-state index contributed by atoms with van der Waals surface area (Å²) in [6.45, 7) is 7.80. The molecule has 0 N–H and O–H groups in total. The van der Waals surface area contributed by atoms with Crippen molar-refractivity contribution in [2.75, 3.05) is 6.61 Å². The molecule has 3 atom stereocenters. The minimum Gasteiger partial charge on any atom is -0.466 e. The van der Waals surface area contributed by atoms with E-state index in [1.165, 1.54) is 24.3 Å². The lowest BCUT2D eigenvalue weighted by molar-refractivity contribution is -0.149. The number of esters is 1. The molecule has 0 spiro atoms. The van der Waals surface area contributed by atoms with Crippen LogP contribution in [0.1, 0.15) is 49.8 Å². The summed E-state index contributed by atoms with van der Waals surface area (Å²) in [6, 6.07) is 10.7. The predicted octanol–water partition coefficient (Wildman–Crippen LogP) is 5.11. The summed E-state index contributed by atoms with van der Waals surface area (Å²) < 4.78 is 45.8. The Bertz CT molecular complexity index is 1030. The number of carbonyl (C=O) groups excluding carboxylic acids is 1. The van der Waals surface area contributed by atoms with Gasteiger partial charge in [-0.3, -0.25) is 4.79 Å². The van der Waals surface area contributed by atoms with Crippen LogP contribution in [0.15, 0.2) is 47.4 Å². The van der Waals surface area contributed by atoms with E-state index in [0.29, 0.717) is 19.3 Å². The lowest BCUT2D eigenvalue weighted by Gasteiger charge is -2.38. The van der Waals surface area contributed by atoms with Crippen LogP contribution >= 0.6 is 0 Å². The predicted molar refractivity (Wildman–Crippen MR) is 114 cm³/mol. The van der Waals surface area contributed by atoms with Crippen LogP contribution in [0.2, 0.25) is 0 Å². The summed E-state index contributed by atoms with van der Waals surface area (Å²) in [5.74, 6) is -1.76. The lowest BCUT2D eigenvalue weighted by Crippen LogP contribution is -2.42. The van der Waals surface area contributed by atoms with Crippen LogP contribution < -0.4 is 0 Å². The molecule has 0 bridgehead atoms. The van der Waals surface area contributed by atoms with Gasteiger partial charge in [-0.15, -0.1) is 0 Å². The molecule has 0 amide bonds. The first-order valence-corrected chi connectivity index (χ1v) is 11.9. The van der Waals surface area contributed by atoms with Crippen molar-refractivity contribution in [3.8, 4) is 0 Å². The van der Waals surface area contributed by atoms with Crippen molar-refractivity contribution < 1.29 is 22.3 Å². The quantitative estimate of drug-likeness (QED) is 0.470. The number of rotatable bonds is 6. The lowest BCUT2D eigenvalue weighted by atomic mass is 9.80. The molecule has 0 saturated heterocycles. The fourth-order valence-corrected chi connectivity index (χ4v) is 7.70. The number of hydrogen-bond acceptors (Lipinski definition) is 4. The van der Waals surface area contributed by atoms with Crippen LogP contribution in [0.5, 0.6) is 0 Å². The zero-order valence-electron chi connectivity index (χ0n) is 17.9. The normalized spacial score (nSPS) is 24.0. The molecule has 0 heterocycles. The van der Waals surface area contributed by atoms with Crippen LogP contribution in [0.3, 0.4) is 0 Å². The van der Waals surface area contributed by atoms with E-state index in [2.05, 4.69) is 0 Å². The van der Waals surface area contributed by atoms with E-state index in [1.54, 1.807) is 6.92 Å². The van der Waals surface area contributed by atoms with Gasteiger partial charge in [0.15, 0.2) is 9.84 Å². The van der Waals surface area contributed by atoms with E-state index in [4.69, 9.17) is 4.74 Å². The molecule has 2 aromatic carbocycles. The van der Waals surface area contributed by atoms with Gasteiger partial charge in [0.1, 0.15) is 10.6 Å². The van der Waals surface area contributed by atoms with E-state index < -0.39 is 32.2 Å². The smallest absolute Gasteiger partial charge is 0.309 e. The van der Waals surface area contributed by atoms with Crippen molar-refractivity contribution in [2.45, 2.75) is 56.6 Å². The van der Waals surface area contributed by atoms with E-state index in [0.717, 1.165) is 16.7 Å². The highest BCUT2D eigenvalue weighted by Crippen LogP contribution is 2.56. The average molecular weight is 433 g/mol. The molecule has 1 saturated carbocycles. The van der Waals surface area contributed by atoms with Gasteiger partial charge >= 0.3 is 5.97 Å². The second-order valence-electron chi connectivity index (χ2n) is 8.08. The Labute approximate surface area is 178 Å². The van der Waals surface area contributed by atoms with Gasteiger partial charge in [0.2, 0.25) is 0 Å². The number of benzene rings is 2. The number of hydrogen-bond donors (Lipinski definition) is 0. The third-order valence-electron chi connectivity index (χ3n) is 6.38. The molecule has 30 heavy (non-hydrogen) atoms. The van der Waals surface area contributed by atoms with E-state index >= 15 is 0 Å². The zero-order chi connectivity index (χ0) is 22.1. The second kappa shape index (κ2) is 8.50. The van der Waals surface area contributed by atoms with Crippen molar-refractivity contribution in [1.82, 2.24) is 0 Å². The SMILES string of the molecule is CCOC(=O)[C@H]1CC[C@](c2ccc(C)cc2C)(S(=O)(=O)c2ccc(F)cc2)[C@H]1CC. The van der Waals surface area contributed by atoms with Gasteiger partial charge in [0, 0.05) is 0 Å². The Hall–Kier alpha value is -2.21. The number of halogens is 1. The zero-order valence-corrected chi connectivity index (χ0v) is 18.8. The maximum Gasteiger partial charge on any atom is 0.309 e. The number of carbonyl (C=O) groups is 1. The van der Waals surface area contributed by atoms with Crippen molar-refractivity contribution in [3.63, 3.8) is 0 Å². The third-order valence-corrected chi connectivity index (χ3v) is 8.96. The molecule has 0 aromatic heterocycles. The minimum atomic E-state index is -3.92. The first kappa shape index (κ1) is 22.5. The molecule has 1 aliphatic rings. The van der Waals surface area contributed by atoms with Gasteiger partial charge in [0.25, 0.3) is 0 Å². The highest BCUT2D eigenvalue weighted by Gasteiger charge is 2.59. The number of aryl methyl sites for hydroxylation is 2. The largest absolute Gasteiger partial charge is 0.466 e. The fourth-order valence-electron chi connectivity index (χ4n) is 5.15. The molecule has 2 aromatic rings. The van der Waals surface area contributed by atoms with Crippen LogP contribution in [0.4, 0.5) is 4.39 Å². The van der Waals surface area contributed by atoms with E-state index in [-0.39, 0.29) is 17.5 Å². The molecule has 0 aliphatic heterocycles. The first-order valence-electron chi connectivity index (χ1n) is 10.4. The van der Waals surface area contributed by atoms with Crippen molar-refractivity contribution in [2.24, 2.45) is 11.8 Å². The van der Waals surface area contributed by atoms with Crippen LogP contribution in [0, 0.1) is 31.5 Å². The van der Waals surface area contributed by atoms with E-state index in [9.17, 15) is 17.6 Å². The molecule has 1 aliphatic carbocycles. The summed E-state index contributed by atoms with van der Waals surface area (Å²) >= 11 is 0. The van der Waals surface area contributed by atoms with Crippen LogP contribution in [-0.4, -0.2) is 21.0 Å². The Morgan fingerprint density at radius 1 is 1.13 bits per heavy atom. The van der Waals surface area contributed by atoms with Gasteiger partial charge < -0.3 is 4.74 Å². The number of sulfone groups is 1. The van der Waals surface area contributed by atoms with Crippen LogP contribution in [0.25, 0.3) is 0 Å². The Morgan fingerprint density at radius 3 is 2.37 bits per heavy atom. The molecule has 1 fully saturated rings. The fraction of sp³-hybridized carbons (Fsp3) is 0.458.